The van der Waals surface area contributed by atoms with E-state index in [0.717, 1.165) is 12.8 Å². The highest BCUT2D eigenvalue weighted by atomic mass is 31.2. The van der Waals surface area contributed by atoms with Crippen LogP contribution in [0, 0.1) is 0 Å². The Morgan fingerprint density at radius 2 is 1.68 bits per heavy atom. The molecule has 0 radical (unpaired) electrons. The van der Waals surface area contributed by atoms with Crippen molar-refractivity contribution in [3.05, 3.63) is 11.8 Å². The third-order valence-electron chi connectivity index (χ3n) is 6.20. The molecule has 228 valence electrons. The average Bonchev–Trinajstić information content (AvgIpc) is 3.50. The van der Waals surface area contributed by atoms with E-state index in [1.165, 1.54) is 24.6 Å². The van der Waals surface area contributed by atoms with Gasteiger partial charge in [-0.3, -0.25) is 14.2 Å². The van der Waals surface area contributed by atoms with Crippen molar-refractivity contribution in [3.63, 3.8) is 0 Å². The van der Waals surface area contributed by atoms with Crippen molar-refractivity contribution in [1.29, 1.82) is 0 Å². The number of nitrogens with zero attached hydrogens (tertiary/aromatic N) is 5. The van der Waals surface area contributed by atoms with Gasteiger partial charge in [0.15, 0.2) is 17.0 Å². The number of nitrogens with two attached hydrogens (primary N) is 2. The van der Waals surface area contributed by atoms with Gasteiger partial charge < -0.3 is 30.8 Å². The van der Waals surface area contributed by atoms with Crippen molar-refractivity contribution in [1.82, 2.24) is 35.1 Å². The van der Waals surface area contributed by atoms with Crippen LogP contribution in [0.25, 0.3) is 11.2 Å². The topological polar surface area (TPSA) is 232 Å². The zero-order valence-electron chi connectivity index (χ0n) is 23.8. The molecular weight excluding hydrogens is 557 g/mol. The number of aliphatic hydroxyl groups is 1. The SMILES string of the molecule is CCCCOC(=O)[C@H](C)NP(=O)(CCC1=C[C@@H](O)[C@H](n2nnc3c(N)nc(N)nc32)O1)N[C@@H](C)C(=O)OCCCC. The molecule has 2 aromatic heterocycles. The quantitative estimate of drug-likeness (QED) is 0.104. The first kappa shape index (κ1) is 32.2. The molecule has 1 aliphatic rings. The zero-order chi connectivity index (χ0) is 30.2. The number of ether oxygens (including phenoxy) is 3. The Morgan fingerprint density at radius 1 is 1.10 bits per heavy atom. The maximum absolute atomic E-state index is 14.0. The highest BCUT2D eigenvalue weighted by Gasteiger charge is 2.36. The molecule has 0 aliphatic carbocycles. The van der Waals surface area contributed by atoms with Crippen LogP contribution in [0.4, 0.5) is 11.8 Å². The Kier molecular flexibility index (Phi) is 11.4. The predicted molar refractivity (Wildman–Crippen MR) is 150 cm³/mol. The molecule has 0 fully saturated rings. The van der Waals surface area contributed by atoms with Gasteiger partial charge in [0.05, 0.1) is 19.0 Å². The van der Waals surface area contributed by atoms with Crippen LogP contribution in [0.3, 0.4) is 0 Å². The zero-order valence-corrected chi connectivity index (χ0v) is 24.7. The van der Waals surface area contributed by atoms with Gasteiger partial charge in [-0.15, -0.1) is 5.10 Å². The molecule has 41 heavy (non-hydrogen) atoms. The number of aromatic nitrogens is 5. The molecule has 3 rings (SSSR count). The van der Waals surface area contributed by atoms with Crippen LogP contribution >= 0.6 is 7.44 Å². The van der Waals surface area contributed by atoms with Crippen LogP contribution in [0.2, 0.25) is 0 Å². The van der Waals surface area contributed by atoms with Crippen molar-refractivity contribution in [3.8, 4) is 0 Å². The molecule has 1 aliphatic heterocycles. The van der Waals surface area contributed by atoms with Crippen molar-refractivity contribution in [2.75, 3.05) is 30.8 Å². The number of esters is 2. The fourth-order valence-electron chi connectivity index (χ4n) is 3.96. The van der Waals surface area contributed by atoms with Crippen LogP contribution in [0.1, 0.15) is 66.0 Å². The summed E-state index contributed by atoms with van der Waals surface area (Å²) in [5.74, 6) is -0.890. The van der Waals surface area contributed by atoms with Crippen molar-refractivity contribution >= 4 is 42.3 Å². The summed E-state index contributed by atoms with van der Waals surface area (Å²) in [4.78, 5) is 32.9. The molecule has 0 saturated carbocycles. The normalized spacial score (nSPS) is 18.5. The van der Waals surface area contributed by atoms with Crippen LogP contribution in [0.15, 0.2) is 11.8 Å². The Balaban J connectivity index is 1.71. The second-order valence-corrected chi connectivity index (χ2v) is 12.2. The lowest BCUT2D eigenvalue weighted by atomic mass is 10.3. The summed E-state index contributed by atoms with van der Waals surface area (Å²) in [5, 5.41) is 24.3. The molecule has 3 heterocycles. The van der Waals surface area contributed by atoms with Crippen molar-refractivity contribution in [2.24, 2.45) is 0 Å². The Hall–Kier alpha value is -3.33. The van der Waals surface area contributed by atoms with Gasteiger partial charge in [-0.05, 0) is 32.8 Å². The number of carbonyl (C=O) groups excluding carboxylic acids is 2. The first-order chi connectivity index (χ1) is 19.5. The second-order valence-electron chi connectivity index (χ2n) is 9.76. The first-order valence-corrected chi connectivity index (χ1v) is 15.5. The number of allylic oxidation sites excluding steroid dienone is 1. The van der Waals surface area contributed by atoms with Crippen LogP contribution < -0.4 is 21.6 Å². The molecule has 0 unspecified atom stereocenters. The van der Waals surface area contributed by atoms with E-state index in [1.807, 2.05) is 13.8 Å². The number of anilines is 2. The molecule has 0 amide bonds. The highest BCUT2D eigenvalue weighted by Crippen LogP contribution is 2.41. The molecular formula is C24H40N9O7P. The number of hydrogen-bond acceptors (Lipinski definition) is 13. The standard InChI is InChI=1S/C24H40N9O7P/c1-5-7-10-38-22(35)14(3)30-41(37,31-15(4)23(36)39-11-8-6-2)12-9-16-13-17(34)21(40-16)33-20-18(29-32-33)19(25)27-24(26)28-20/h13-15,17,21,34H,5-12H2,1-4H3,(H2,30,31,37)(H4,25,26,27,28)/t14-,15-,17+,21+/m0/s1. The fraction of sp³-hybridized carbons (Fsp3) is 0.667. The Bertz CT molecular complexity index is 1250. The van der Waals surface area contributed by atoms with Gasteiger partial charge in [-0.2, -0.15) is 14.6 Å². The van der Waals surface area contributed by atoms with Crippen molar-refractivity contribution < 1.29 is 33.5 Å². The maximum atomic E-state index is 14.0. The van der Waals surface area contributed by atoms with Gasteiger partial charge in [-0.1, -0.05) is 31.9 Å². The van der Waals surface area contributed by atoms with Crippen LogP contribution in [-0.2, 0) is 28.4 Å². The molecule has 0 saturated heterocycles. The molecule has 0 bridgehead atoms. The molecule has 7 N–H and O–H groups in total. The lowest BCUT2D eigenvalue weighted by molar-refractivity contribution is -0.145. The van der Waals surface area contributed by atoms with Crippen LogP contribution in [-0.4, -0.2) is 79.6 Å². The van der Waals surface area contributed by atoms with Gasteiger partial charge >= 0.3 is 11.9 Å². The van der Waals surface area contributed by atoms with Gasteiger partial charge in [0, 0.05) is 12.6 Å². The lowest BCUT2D eigenvalue weighted by Crippen LogP contribution is -2.42. The number of hydrogen-bond donors (Lipinski definition) is 5. The van der Waals surface area contributed by atoms with E-state index in [1.54, 1.807) is 0 Å². The minimum atomic E-state index is -3.61. The third-order valence-corrected chi connectivity index (χ3v) is 8.66. The lowest BCUT2D eigenvalue weighted by Gasteiger charge is -2.26. The fourth-order valence-corrected chi connectivity index (χ4v) is 6.29. The van der Waals surface area contributed by atoms with E-state index >= 15 is 0 Å². The van der Waals surface area contributed by atoms with Gasteiger partial charge in [0.2, 0.25) is 19.6 Å². The number of nitrogen functional groups attached to an aromatic ring is 2. The predicted octanol–water partition coefficient (Wildman–Crippen LogP) is 1.39. The van der Waals surface area contributed by atoms with E-state index in [0.29, 0.717) is 18.6 Å². The molecule has 0 aromatic carbocycles. The summed E-state index contributed by atoms with van der Waals surface area (Å²) in [7, 11) is -3.61. The van der Waals surface area contributed by atoms with Crippen molar-refractivity contribution in [2.45, 2.75) is 84.2 Å². The number of nitrogens with one attached hydrogen (secondary N) is 2. The summed E-state index contributed by atoms with van der Waals surface area (Å²) in [6, 6.07) is -1.86. The molecule has 16 nitrogen and oxygen atoms in total. The Morgan fingerprint density at radius 3 is 2.24 bits per heavy atom. The van der Waals surface area contributed by atoms with E-state index in [-0.39, 0.29) is 48.7 Å². The smallest absolute Gasteiger partial charge is 0.323 e. The average molecular weight is 598 g/mol. The monoisotopic (exact) mass is 597 g/mol. The van der Waals surface area contributed by atoms with E-state index in [4.69, 9.17) is 25.7 Å². The van der Waals surface area contributed by atoms with Crippen LogP contribution in [0.5, 0.6) is 0 Å². The van der Waals surface area contributed by atoms with E-state index in [9.17, 15) is 19.3 Å². The highest BCUT2D eigenvalue weighted by molar-refractivity contribution is 7.59. The number of carbonyl (C=O) groups is 2. The molecule has 17 heteroatoms. The third kappa shape index (κ3) is 8.58. The summed E-state index contributed by atoms with van der Waals surface area (Å²) < 4.78 is 31.7. The van der Waals surface area contributed by atoms with Gasteiger partial charge in [0.25, 0.3) is 0 Å². The summed E-state index contributed by atoms with van der Waals surface area (Å²) in [6.07, 6.45) is 2.38. The minimum absolute atomic E-state index is 0.0298. The summed E-state index contributed by atoms with van der Waals surface area (Å²) in [6.45, 7) is 7.51. The summed E-state index contributed by atoms with van der Waals surface area (Å²) >= 11 is 0. The van der Waals surface area contributed by atoms with Gasteiger partial charge in [0.1, 0.15) is 18.2 Å². The van der Waals surface area contributed by atoms with E-state index in [2.05, 4.69) is 30.5 Å². The molecule has 4 atom stereocenters. The summed E-state index contributed by atoms with van der Waals surface area (Å²) in [5.41, 5.74) is 11.9. The molecule has 0 spiro atoms. The minimum Gasteiger partial charge on any atom is -0.470 e. The number of unbranched alkanes of at least 4 members (excludes halogenated alkanes) is 2. The number of fused-ring (bicyclic) bond motifs is 1. The Labute approximate surface area is 238 Å². The van der Waals surface area contributed by atoms with E-state index < -0.39 is 43.8 Å². The van der Waals surface area contributed by atoms with Gasteiger partial charge in [-0.25, -0.2) is 10.2 Å². The second kappa shape index (κ2) is 14.5. The number of rotatable bonds is 16. The largest absolute Gasteiger partial charge is 0.470 e. The molecule has 2 aromatic rings. The number of aliphatic hydroxyl groups excluding tert-OH is 1. The maximum Gasteiger partial charge on any atom is 0.323 e. The first-order valence-electron chi connectivity index (χ1n) is 13.6.